The summed E-state index contributed by atoms with van der Waals surface area (Å²) in [6.45, 7) is 12.5. The normalized spacial score (nSPS) is 13.2. The molecule has 1 unspecified atom stereocenters. The quantitative estimate of drug-likeness (QED) is 0.724. The van der Waals surface area contributed by atoms with Crippen LogP contribution in [-0.2, 0) is 6.54 Å². The van der Waals surface area contributed by atoms with Gasteiger partial charge in [-0.15, -0.1) is 0 Å². The Hall–Kier alpha value is -1.09. The average Bonchev–Trinajstić information content (AvgIpc) is 2.46. The molecule has 0 aliphatic heterocycles. The Balaban J connectivity index is 2.39. The second-order valence-electron chi connectivity index (χ2n) is 6.82. The lowest BCUT2D eigenvalue weighted by molar-refractivity contribution is 0.232. The lowest BCUT2D eigenvalue weighted by Crippen LogP contribution is -2.35. The number of nitrogens with zero attached hydrogens (tertiary/aromatic N) is 1. The molecular weight excluding hydrogens is 260 g/mol. The third-order valence-electron chi connectivity index (χ3n) is 3.63. The lowest BCUT2D eigenvalue weighted by Gasteiger charge is -2.20. The highest BCUT2D eigenvalue weighted by molar-refractivity contribution is 5.19. The minimum atomic E-state index is 0.116. The number of nitrogens with one attached hydrogen (secondary N) is 1. The molecule has 21 heavy (non-hydrogen) atoms. The SMILES string of the molecule is CCCCC(CC)COc1ccc(CNC(C)(C)C)nc1. The van der Waals surface area contributed by atoms with Gasteiger partial charge in [-0.25, -0.2) is 0 Å². The Morgan fingerprint density at radius 1 is 1.24 bits per heavy atom. The predicted octanol–water partition coefficient (Wildman–Crippen LogP) is 4.56. The van der Waals surface area contributed by atoms with Crippen LogP contribution in [0.5, 0.6) is 5.75 Å². The number of pyridine rings is 1. The van der Waals surface area contributed by atoms with Gasteiger partial charge in [-0.3, -0.25) is 4.98 Å². The summed E-state index contributed by atoms with van der Waals surface area (Å²) < 4.78 is 5.87. The van der Waals surface area contributed by atoms with Crippen molar-refractivity contribution in [2.45, 2.75) is 72.4 Å². The molecule has 120 valence electrons. The summed E-state index contributed by atoms with van der Waals surface area (Å²) in [7, 11) is 0. The van der Waals surface area contributed by atoms with E-state index >= 15 is 0 Å². The summed E-state index contributed by atoms with van der Waals surface area (Å²) in [6.07, 6.45) is 6.83. The van der Waals surface area contributed by atoms with E-state index in [1.807, 2.05) is 18.3 Å². The molecule has 0 aliphatic rings. The number of unbranched alkanes of at least 4 members (excludes halogenated alkanes) is 1. The van der Waals surface area contributed by atoms with Crippen LogP contribution in [0.3, 0.4) is 0 Å². The van der Waals surface area contributed by atoms with Crippen LogP contribution in [0, 0.1) is 5.92 Å². The van der Waals surface area contributed by atoms with Crippen molar-refractivity contribution < 1.29 is 4.74 Å². The van der Waals surface area contributed by atoms with E-state index < -0.39 is 0 Å². The van der Waals surface area contributed by atoms with Crippen LogP contribution in [-0.4, -0.2) is 17.1 Å². The molecule has 0 aromatic carbocycles. The highest BCUT2D eigenvalue weighted by atomic mass is 16.5. The fraction of sp³-hybridized carbons (Fsp3) is 0.722. The van der Waals surface area contributed by atoms with Crippen LogP contribution in [0.15, 0.2) is 18.3 Å². The first kappa shape index (κ1) is 18.0. The van der Waals surface area contributed by atoms with Crippen molar-refractivity contribution in [2.24, 2.45) is 5.92 Å². The molecule has 1 aromatic rings. The first-order chi connectivity index (χ1) is 9.94. The summed E-state index contributed by atoms with van der Waals surface area (Å²) in [5.41, 5.74) is 1.17. The van der Waals surface area contributed by atoms with Crippen molar-refractivity contribution >= 4 is 0 Å². The van der Waals surface area contributed by atoms with Crippen LogP contribution in [0.4, 0.5) is 0 Å². The number of rotatable bonds is 9. The van der Waals surface area contributed by atoms with Gasteiger partial charge in [0.25, 0.3) is 0 Å². The summed E-state index contributed by atoms with van der Waals surface area (Å²) in [5.74, 6) is 1.54. The standard InChI is InChI=1S/C18H32N2O/c1-6-8-9-15(7-2)14-21-17-11-10-16(19-13-17)12-20-18(3,4)5/h10-11,13,15,20H,6-9,12,14H2,1-5H3. The molecule has 0 radical (unpaired) electrons. The molecule has 0 saturated heterocycles. The Labute approximate surface area is 130 Å². The van der Waals surface area contributed by atoms with Crippen LogP contribution < -0.4 is 10.1 Å². The van der Waals surface area contributed by atoms with Gasteiger partial charge in [-0.1, -0.05) is 33.1 Å². The van der Waals surface area contributed by atoms with E-state index in [0.717, 1.165) is 24.6 Å². The summed E-state index contributed by atoms with van der Waals surface area (Å²) >= 11 is 0. The highest BCUT2D eigenvalue weighted by Gasteiger charge is 2.09. The molecule has 1 atom stereocenters. The molecule has 1 N–H and O–H groups in total. The molecule has 0 saturated carbocycles. The Kier molecular flexibility index (Phi) is 7.73. The van der Waals surface area contributed by atoms with Gasteiger partial charge in [0.1, 0.15) is 5.75 Å². The maximum Gasteiger partial charge on any atom is 0.137 e. The van der Waals surface area contributed by atoms with E-state index in [9.17, 15) is 0 Å². The van der Waals surface area contributed by atoms with E-state index in [2.05, 4.69) is 44.9 Å². The second kappa shape index (κ2) is 9.04. The molecule has 1 heterocycles. The summed E-state index contributed by atoms with van der Waals surface area (Å²) in [5, 5.41) is 3.44. The maximum atomic E-state index is 5.87. The molecule has 0 bridgehead atoms. The van der Waals surface area contributed by atoms with Gasteiger partial charge in [0.15, 0.2) is 0 Å². The number of hydrogen-bond acceptors (Lipinski definition) is 3. The minimum Gasteiger partial charge on any atom is -0.492 e. The van der Waals surface area contributed by atoms with E-state index in [-0.39, 0.29) is 5.54 Å². The van der Waals surface area contributed by atoms with Gasteiger partial charge in [0.05, 0.1) is 18.5 Å². The number of hydrogen-bond donors (Lipinski definition) is 1. The molecule has 0 amide bonds. The fourth-order valence-corrected chi connectivity index (χ4v) is 2.07. The van der Waals surface area contributed by atoms with Crippen LogP contribution in [0.1, 0.15) is 66.0 Å². The van der Waals surface area contributed by atoms with Crippen molar-refractivity contribution in [1.82, 2.24) is 10.3 Å². The zero-order valence-electron chi connectivity index (χ0n) is 14.4. The van der Waals surface area contributed by atoms with Crippen molar-refractivity contribution in [3.63, 3.8) is 0 Å². The van der Waals surface area contributed by atoms with E-state index in [0.29, 0.717) is 5.92 Å². The van der Waals surface area contributed by atoms with Gasteiger partial charge in [-0.2, -0.15) is 0 Å². The topological polar surface area (TPSA) is 34.1 Å². The zero-order chi connectivity index (χ0) is 15.7. The molecule has 1 aromatic heterocycles. The Morgan fingerprint density at radius 3 is 2.52 bits per heavy atom. The highest BCUT2D eigenvalue weighted by Crippen LogP contribution is 2.16. The Bertz CT molecular complexity index is 381. The average molecular weight is 292 g/mol. The molecule has 0 spiro atoms. The van der Waals surface area contributed by atoms with E-state index in [4.69, 9.17) is 4.74 Å². The van der Waals surface area contributed by atoms with E-state index in [1.165, 1.54) is 25.7 Å². The van der Waals surface area contributed by atoms with Gasteiger partial charge in [-0.05, 0) is 45.2 Å². The smallest absolute Gasteiger partial charge is 0.137 e. The maximum absolute atomic E-state index is 5.87. The zero-order valence-corrected chi connectivity index (χ0v) is 14.4. The van der Waals surface area contributed by atoms with E-state index in [1.54, 1.807) is 0 Å². The summed E-state index contributed by atoms with van der Waals surface area (Å²) in [4.78, 5) is 4.46. The molecule has 3 heteroatoms. The molecule has 3 nitrogen and oxygen atoms in total. The predicted molar refractivity (Wildman–Crippen MR) is 89.6 cm³/mol. The molecule has 1 rings (SSSR count). The molecule has 0 aliphatic carbocycles. The van der Waals surface area contributed by atoms with Gasteiger partial charge >= 0.3 is 0 Å². The minimum absolute atomic E-state index is 0.116. The van der Waals surface area contributed by atoms with Crippen molar-refractivity contribution in [3.8, 4) is 5.75 Å². The van der Waals surface area contributed by atoms with Crippen LogP contribution in [0.25, 0.3) is 0 Å². The van der Waals surface area contributed by atoms with Crippen molar-refractivity contribution in [1.29, 1.82) is 0 Å². The van der Waals surface area contributed by atoms with Crippen molar-refractivity contribution in [2.75, 3.05) is 6.61 Å². The van der Waals surface area contributed by atoms with Crippen molar-refractivity contribution in [3.05, 3.63) is 24.0 Å². The second-order valence-corrected chi connectivity index (χ2v) is 6.82. The third-order valence-corrected chi connectivity index (χ3v) is 3.63. The first-order valence-electron chi connectivity index (χ1n) is 8.27. The van der Waals surface area contributed by atoms with Crippen LogP contribution in [0.2, 0.25) is 0 Å². The largest absolute Gasteiger partial charge is 0.492 e. The fourth-order valence-electron chi connectivity index (χ4n) is 2.07. The third kappa shape index (κ3) is 8.05. The number of ether oxygens (including phenoxy) is 1. The lowest BCUT2D eigenvalue weighted by atomic mass is 10.0. The summed E-state index contributed by atoms with van der Waals surface area (Å²) in [6, 6.07) is 4.07. The van der Waals surface area contributed by atoms with Crippen LogP contribution >= 0.6 is 0 Å². The monoisotopic (exact) mass is 292 g/mol. The molecule has 0 fully saturated rings. The van der Waals surface area contributed by atoms with Gasteiger partial charge in [0, 0.05) is 12.1 Å². The number of aromatic nitrogens is 1. The molecular formula is C18H32N2O. The first-order valence-corrected chi connectivity index (χ1v) is 8.27. The van der Waals surface area contributed by atoms with Gasteiger partial charge < -0.3 is 10.1 Å². The van der Waals surface area contributed by atoms with Gasteiger partial charge in [0.2, 0.25) is 0 Å². The Morgan fingerprint density at radius 2 is 2.00 bits per heavy atom.